The van der Waals surface area contributed by atoms with Crippen molar-refractivity contribution in [3.05, 3.63) is 11.8 Å². The average molecular weight is 378 g/mol. The van der Waals surface area contributed by atoms with E-state index in [0.717, 1.165) is 32.1 Å². The number of hydrogen-bond acceptors (Lipinski definition) is 7. The molecule has 2 N–H and O–H groups in total. The van der Waals surface area contributed by atoms with Crippen molar-refractivity contribution in [2.24, 2.45) is 0 Å². The van der Waals surface area contributed by atoms with Crippen LogP contribution in [-0.4, -0.2) is 63.2 Å². The molecule has 0 radical (unpaired) electrons. The van der Waals surface area contributed by atoms with Gasteiger partial charge in [0.05, 0.1) is 13.2 Å². The zero-order valence-electron chi connectivity index (χ0n) is 16.2. The van der Waals surface area contributed by atoms with Crippen LogP contribution in [0.1, 0.15) is 81.3 Å². The Balaban J connectivity index is 1.63. The smallest absolute Gasteiger partial charge is 0.286 e. The van der Waals surface area contributed by atoms with Crippen LogP contribution in [0.2, 0.25) is 0 Å². The summed E-state index contributed by atoms with van der Waals surface area (Å²) in [5.74, 6) is 0.402. The van der Waals surface area contributed by atoms with Crippen LogP contribution in [0.15, 0.2) is 4.42 Å². The normalized spacial score (nSPS) is 21.6. The number of aromatic nitrogens is 2. The Morgan fingerprint density at radius 1 is 1.19 bits per heavy atom. The number of hydrogen-bond donors (Lipinski definition) is 2. The Morgan fingerprint density at radius 2 is 1.93 bits per heavy atom. The van der Waals surface area contributed by atoms with E-state index in [1.54, 1.807) is 4.90 Å². The predicted molar refractivity (Wildman–Crippen MR) is 98.4 cm³/mol. The Kier molecular flexibility index (Phi) is 6.26. The van der Waals surface area contributed by atoms with Crippen LogP contribution in [0.3, 0.4) is 0 Å². The maximum absolute atomic E-state index is 12.9. The molecule has 1 aliphatic carbocycles. The molecule has 27 heavy (non-hydrogen) atoms. The number of rotatable bonds is 7. The van der Waals surface area contributed by atoms with E-state index in [9.17, 15) is 14.7 Å². The van der Waals surface area contributed by atoms with Gasteiger partial charge in [-0.15, -0.1) is 10.2 Å². The highest BCUT2D eigenvalue weighted by Gasteiger charge is 2.37. The van der Waals surface area contributed by atoms with Crippen molar-refractivity contribution in [2.75, 3.05) is 19.7 Å². The first-order valence-corrected chi connectivity index (χ1v) is 9.94. The van der Waals surface area contributed by atoms with Crippen LogP contribution in [0.25, 0.3) is 0 Å². The van der Waals surface area contributed by atoms with Crippen LogP contribution < -0.4 is 5.32 Å². The van der Waals surface area contributed by atoms with Crippen LogP contribution >= 0.6 is 0 Å². The molecule has 2 aliphatic rings. The second kappa shape index (κ2) is 8.48. The number of ketones is 1. The van der Waals surface area contributed by atoms with Crippen LogP contribution in [0, 0.1) is 0 Å². The monoisotopic (exact) mass is 378 g/mol. The fourth-order valence-electron chi connectivity index (χ4n) is 3.80. The number of aliphatic hydroxyl groups excluding tert-OH is 1. The van der Waals surface area contributed by atoms with Gasteiger partial charge in [0.1, 0.15) is 6.04 Å². The molecule has 150 valence electrons. The number of carbonyl (C=O) groups is 2. The molecular formula is C19H30N4O4. The van der Waals surface area contributed by atoms with E-state index in [0.29, 0.717) is 18.9 Å². The number of nitrogens with one attached hydrogen (secondary N) is 1. The molecule has 1 atom stereocenters. The van der Waals surface area contributed by atoms with E-state index in [-0.39, 0.29) is 36.7 Å². The summed E-state index contributed by atoms with van der Waals surface area (Å²) in [5, 5.41) is 20.4. The third kappa shape index (κ3) is 4.73. The molecule has 3 rings (SSSR count). The molecule has 1 unspecified atom stereocenters. The molecule has 8 heteroatoms. The average Bonchev–Trinajstić information content (AvgIpc) is 3.36. The summed E-state index contributed by atoms with van der Waals surface area (Å²) >= 11 is 0. The molecule has 1 aromatic rings. The minimum Gasteiger partial charge on any atom is -0.418 e. The molecule has 0 spiro atoms. The van der Waals surface area contributed by atoms with Gasteiger partial charge in [0, 0.05) is 18.0 Å². The van der Waals surface area contributed by atoms with E-state index >= 15 is 0 Å². The van der Waals surface area contributed by atoms with Gasteiger partial charge >= 0.3 is 0 Å². The van der Waals surface area contributed by atoms with Crippen molar-refractivity contribution in [1.82, 2.24) is 20.4 Å². The first kappa shape index (κ1) is 19.9. The fraction of sp³-hybridized carbons (Fsp3) is 0.789. The molecule has 1 aromatic heterocycles. The minimum atomic E-state index is -0.545. The van der Waals surface area contributed by atoms with E-state index in [4.69, 9.17) is 4.42 Å². The van der Waals surface area contributed by atoms with Gasteiger partial charge in [0.15, 0.2) is 0 Å². The lowest BCUT2D eigenvalue weighted by atomic mass is 9.89. The van der Waals surface area contributed by atoms with Crippen molar-refractivity contribution in [3.63, 3.8) is 0 Å². The number of nitrogens with zero attached hydrogens (tertiary/aromatic N) is 3. The van der Waals surface area contributed by atoms with Crippen molar-refractivity contribution >= 4 is 11.7 Å². The summed E-state index contributed by atoms with van der Waals surface area (Å²) in [7, 11) is 0. The first-order valence-electron chi connectivity index (χ1n) is 9.94. The van der Waals surface area contributed by atoms with Crippen LogP contribution in [0.5, 0.6) is 0 Å². The van der Waals surface area contributed by atoms with Crippen molar-refractivity contribution in [1.29, 1.82) is 0 Å². The molecule has 0 bridgehead atoms. The number of carbonyl (C=O) groups excluding carboxylic acids is 2. The molecule has 1 amide bonds. The van der Waals surface area contributed by atoms with Gasteiger partial charge < -0.3 is 19.7 Å². The number of Topliss-reactive ketones (excluding diaryl/α,β-unsaturated/α-hetero) is 1. The molecule has 2 fully saturated rings. The third-order valence-electron chi connectivity index (χ3n) is 5.60. The quantitative estimate of drug-likeness (QED) is 0.695. The lowest BCUT2D eigenvalue weighted by Crippen LogP contribution is -2.50. The topological polar surface area (TPSA) is 109 Å². The van der Waals surface area contributed by atoms with Crippen molar-refractivity contribution in [2.45, 2.75) is 76.3 Å². The maximum atomic E-state index is 12.9. The maximum Gasteiger partial charge on any atom is 0.286 e. The van der Waals surface area contributed by atoms with Crippen molar-refractivity contribution < 1.29 is 19.1 Å². The molecule has 1 saturated heterocycles. The van der Waals surface area contributed by atoms with E-state index < -0.39 is 11.6 Å². The number of likely N-dealkylation sites (tertiary alicyclic amines) is 1. The summed E-state index contributed by atoms with van der Waals surface area (Å²) in [6, 6.07) is -0.545. The summed E-state index contributed by atoms with van der Waals surface area (Å²) < 4.78 is 5.70. The van der Waals surface area contributed by atoms with Gasteiger partial charge in [-0.2, -0.15) is 0 Å². The zero-order chi connectivity index (χ0) is 19.4. The van der Waals surface area contributed by atoms with Gasteiger partial charge in [-0.1, -0.05) is 19.3 Å². The Morgan fingerprint density at radius 3 is 2.63 bits per heavy atom. The van der Waals surface area contributed by atoms with E-state index in [1.807, 2.05) is 13.8 Å². The van der Waals surface area contributed by atoms with E-state index in [2.05, 4.69) is 15.5 Å². The highest BCUT2D eigenvalue weighted by Crippen LogP contribution is 2.32. The molecule has 2 heterocycles. The Labute approximate surface area is 159 Å². The van der Waals surface area contributed by atoms with Gasteiger partial charge in [0.25, 0.3) is 5.89 Å². The van der Waals surface area contributed by atoms with E-state index in [1.165, 1.54) is 6.42 Å². The lowest BCUT2D eigenvalue weighted by Gasteiger charge is -2.27. The standard InChI is InChI=1S/C19H30N4O4/c1-19(2,12-24)20-11-15(25)23-10-6-9-14(23)16(26)18-22-21-17(27-18)13-7-4-3-5-8-13/h13-14,20,24H,3-12H2,1-2H3. The molecule has 1 aliphatic heterocycles. The molecule has 0 aromatic carbocycles. The van der Waals surface area contributed by atoms with Gasteiger partial charge in [0.2, 0.25) is 17.6 Å². The van der Waals surface area contributed by atoms with Crippen LogP contribution in [-0.2, 0) is 4.79 Å². The molecule has 1 saturated carbocycles. The highest BCUT2D eigenvalue weighted by molar-refractivity contribution is 5.98. The van der Waals surface area contributed by atoms with Gasteiger partial charge in [-0.05, 0) is 39.5 Å². The summed E-state index contributed by atoms with van der Waals surface area (Å²) in [4.78, 5) is 27.0. The molecular weight excluding hydrogens is 348 g/mol. The third-order valence-corrected chi connectivity index (χ3v) is 5.60. The largest absolute Gasteiger partial charge is 0.418 e. The summed E-state index contributed by atoms with van der Waals surface area (Å²) in [6.45, 7) is 4.18. The second-order valence-corrected chi connectivity index (χ2v) is 8.29. The Hall–Kier alpha value is -1.80. The minimum absolute atomic E-state index is 0.0175. The number of aliphatic hydroxyl groups is 1. The van der Waals surface area contributed by atoms with Gasteiger partial charge in [-0.3, -0.25) is 9.59 Å². The summed E-state index contributed by atoms with van der Waals surface area (Å²) in [5.41, 5.74) is -0.545. The SMILES string of the molecule is CC(C)(CO)NCC(=O)N1CCCC1C(=O)c1nnc(C2CCCCC2)o1. The summed E-state index contributed by atoms with van der Waals surface area (Å²) in [6.07, 6.45) is 6.96. The second-order valence-electron chi connectivity index (χ2n) is 8.29. The van der Waals surface area contributed by atoms with Crippen LogP contribution in [0.4, 0.5) is 0 Å². The predicted octanol–water partition coefficient (Wildman–Crippen LogP) is 1.65. The Bertz CT molecular complexity index is 666. The zero-order valence-corrected chi connectivity index (χ0v) is 16.2. The fourth-order valence-corrected chi connectivity index (χ4v) is 3.80. The molecule has 8 nitrogen and oxygen atoms in total. The van der Waals surface area contributed by atoms with Crippen molar-refractivity contribution in [3.8, 4) is 0 Å². The first-order chi connectivity index (χ1) is 12.9. The lowest BCUT2D eigenvalue weighted by molar-refractivity contribution is -0.130. The highest BCUT2D eigenvalue weighted by atomic mass is 16.4. The number of amides is 1. The van der Waals surface area contributed by atoms with Gasteiger partial charge in [-0.25, -0.2) is 0 Å².